The molecule has 0 amide bonds. The average molecular weight is 358 g/mol. The molecule has 2 aromatic heterocycles. The number of rotatable bonds is 6. The highest BCUT2D eigenvalue weighted by molar-refractivity contribution is 7.10. The lowest BCUT2D eigenvalue weighted by Gasteiger charge is -2.38. The normalized spacial score (nSPS) is 25.7. The number of aromatic nitrogens is 4. The van der Waals surface area contributed by atoms with E-state index in [4.69, 9.17) is 5.26 Å². The number of hydrogen-bond acceptors (Lipinski definition) is 8. The van der Waals surface area contributed by atoms with Gasteiger partial charge < -0.3 is 10.6 Å². The van der Waals surface area contributed by atoms with Crippen LogP contribution in [0.5, 0.6) is 0 Å². The van der Waals surface area contributed by atoms with E-state index >= 15 is 0 Å². The number of aryl methyl sites for hydroxylation is 1. The minimum Gasteiger partial charge on any atom is -0.351 e. The van der Waals surface area contributed by atoms with Gasteiger partial charge in [-0.1, -0.05) is 0 Å². The van der Waals surface area contributed by atoms with E-state index < -0.39 is 0 Å². The van der Waals surface area contributed by atoms with Gasteiger partial charge in [-0.05, 0) is 32.6 Å². The Balaban J connectivity index is 1.34. The van der Waals surface area contributed by atoms with Crippen molar-refractivity contribution >= 4 is 28.4 Å². The lowest BCUT2D eigenvalue weighted by Crippen LogP contribution is -2.47. The Labute approximate surface area is 150 Å². The van der Waals surface area contributed by atoms with Gasteiger partial charge in [-0.15, -0.1) is 0 Å². The molecular weight excluding hydrogens is 336 g/mol. The number of nitriles is 1. The Morgan fingerprint density at radius 2 is 2.20 bits per heavy atom. The molecule has 25 heavy (non-hydrogen) atoms. The lowest BCUT2D eigenvalue weighted by molar-refractivity contribution is 0.135. The number of H-pyrrole nitrogens is 1. The lowest BCUT2D eigenvalue weighted by atomic mass is 9.97. The van der Waals surface area contributed by atoms with Crippen LogP contribution in [0, 0.1) is 18.3 Å². The minimum atomic E-state index is 0.408. The van der Waals surface area contributed by atoms with Crippen LogP contribution in [0.15, 0.2) is 6.07 Å². The summed E-state index contributed by atoms with van der Waals surface area (Å²) in [6.45, 7) is 2.87. The maximum Gasteiger partial charge on any atom is 0.236 e. The molecule has 0 saturated carbocycles. The number of piperidine rings is 1. The zero-order valence-corrected chi connectivity index (χ0v) is 15.0. The summed E-state index contributed by atoms with van der Waals surface area (Å²) in [5, 5.41) is 23.3. The number of aromatic amines is 1. The third-order valence-corrected chi connectivity index (χ3v) is 5.70. The first-order valence-electron chi connectivity index (χ1n) is 8.73. The Morgan fingerprint density at radius 3 is 2.88 bits per heavy atom. The number of nitrogens with one attached hydrogen (secondary N) is 3. The number of anilines is 3. The quantitative estimate of drug-likeness (QED) is 0.729. The number of hydrogen-bond donors (Lipinski definition) is 3. The van der Waals surface area contributed by atoms with Gasteiger partial charge in [0.05, 0.1) is 6.07 Å². The van der Waals surface area contributed by atoms with Gasteiger partial charge in [0, 0.05) is 54.4 Å². The molecule has 9 heteroatoms. The van der Waals surface area contributed by atoms with E-state index in [1.54, 1.807) is 0 Å². The predicted molar refractivity (Wildman–Crippen MR) is 96.9 cm³/mol. The van der Waals surface area contributed by atoms with Gasteiger partial charge in [0.2, 0.25) is 11.1 Å². The van der Waals surface area contributed by atoms with E-state index in [0.717, 1.165) is 36.0 Å². The van der Waals surface area contributed by atoms with Gasteiger partial charge in [0.15, 0.2) is 5.82 Å². The molecule has 2 bridgehead atoms. The fourth-order valence-corrected chi connectivity index (χ4v) is 4.59. The summed E-state index contributed by atoms with van der Waals surface area (Å²) in [7, 11) is 0. The Bertz CT molecular complexity index is 748. The van der Waals surface area contributed by atoms with Gasteiger partial charge in [0.25, 0.3) is 0 Å². The molecule has 2 saturated heterocycles. The molecule has 8 nitrogen and oxygen atoms in total. The van der Waals surface area contributed by atoms with Gasteiger partial charge in [0.1, 0.15) is 0 Å². The summed E-state index contributed by atoms with van der Waals surface area (Å²) in [5.74, 6) is 1.44. The molecule has 2 unspecified atom stereocenters. The van der Waals surface area contributed by atoms with Crippen molar-refractivity contribution in [3.8, 4) is 6.07 Å². The summed E-state index contributed by atoms with van der Waals surface area (Å²) in [6.07, 6.45) is 5.31. The molecule has 2 aliphatic heterocycles. The zero-order chi connectivity index (χ0) is 17.2. The molecule has 4 rings (SSSR count). The second-order valence-corrected chi connectivity index (χ2v) is 7.58. The fourth-order valence-electron chi connectivity index (χ4n) is 4.04. The molecule has 0 spiro atoms. The standard InChI is InChI=1S/C16H22N8S/c1-10-7-14(22-21-10)19-16-20-15(23-25-16)18-11-8-12-3-4-13(9-11)24(12)6-2-5-17/h7,11-13H,2-4,6,8-9H2,1H3,(H3,18,19,20,21,22,23). The van der Waals surface area contributed by atoms with Gasteiger partial charge >= 0.3 is 0 Å². The monoisotopic (exact) mass is 358 g/mol. The molecule has 4 heterocycles. The largest absolute Gasteiger partial charge is 0.351 e. The van der Waals surface area contributed by atoms with Gasteiger partial charge in [-0.2, -0.15) is 19.7 Å². The molecule has 0 aromatic carbocycles. The summed E-state index contributed by atoms with van der Waals surface area (Å²) < 4.78 is 4.41. The van der Waals surface area contributed by atoms with E-state index in [0.29, 0.717) is 30.5 Å². The Kier molecular flexibility index (Phi) is 4.55. The summed E-state index contributed by atoms with van der Waals surface area (Å²) in [6, 6.07) is 5.79. The average Bonchev–Trinajstić information content (AvgIpc) is 3.26. The van der Waals surface area contributed by atoms with Crippen molar-refractivity contribution in [3.05, 3.63) is 11.8 Å². The van der Waals surface area contributed by atoms with E-state index in [2.05, 4.69) is 41.2 Å². The van der Waals surface area contributed by atoms with Crippen molar-refractivity contribution in [1.82, 2.24) is 24.5 Å². The van der Waals surface area contributed by atoms with Crippen molar-refractivity contribution in [2.45, 2.75) is 57.2 Å². The summed E-state index contributed by atoms with van der Waals surface area (Å²) >= 11 is 1.34. The first-order chi connectivity index (χ1) is 12.2. The van der Waals surface area contributed by atoms with Crippen molar-refractivity contribution in [3.63, 3.8) is 0 Å². The van der Waals surface area contributed by atoms with Crippen LogP contribution >= 0.6 is 11.5 Å². The summed E-state index contributed by atoms with van der Waals surface area (Å²) in [5.41, 5.74) is 1.00. The SMILES string of the molecule is Cc1cc(Nc2nc(NC3CC4CCC(C3)N4CCC#N)ns2)n[nH]1. The summed E-state index contributed by atoms with van der Waals surface area (Å²) in [4.78, 5) is 7.05. The highest BCUT2D eigenvalue weighted by Gasteiger charge is 2.40. The Hall–Kier alpha value is -2.18. The highest BCUT2D eigenvalue weighted by Crippen LogP contribution is 2.36. The van der Waals surface area contributed by atoms with Crippen LogP contribution in [0.2, 0.25) is 0 Å². The van der Waals surface area contributed by atoms with E-state index in [9.17, 15) is 0 Å². The van der Waals surface area contributed by atoms with Crippen molar-refractivity contribution in [2.75, 3.05) is 17.2 Å². The van der Waals surface area contributed by atoms with E-state index in [1.165, 1.54) is 24.4 Å². The molecule has 2 fully saturated rings. The van der Waals surface area contributed by atoms with Crippen LogP contribution in [0.4, 0.5) is 16.9 Å². The number of fused-ring (bicyclic) bond motifs is 2. The van der Waals surface area contributed by atoms with Crippen LogP contribution in [0.3, 0.4) is 0 Å². The first kappa shape index (κ1) is 16.3. The van der Waals surface area contributed by atoms with Crippen LogP contribution in [-0.2, 0) is 0 Å². The van der Waals surface area contributed by atoms with E-state index in [-0.39, 0.29) is 0 Å². The first-order valence-corrected chi connectivity index (χ1v) is 9.50. The van der Waals surface area contributed by atoms with Gasteiger partial charge in [-0.25, -0.2) is 0 Å². The van der Waals surface area contributed by atoms with Crippen molar-refractivity contribution in [1.29, 1.82) is 5.26 Å². The Morgan fingerprint density at radius 1 is 1.40 bits per heavy atom. The van der Waals surface area contributed by atoms with Crippen molar-refractivity contribution in [2.24, 2.45) is 0 Å². The van der Waals surface area contributed by atoms with Gasteiger partial charge in [-0.3, -0.25) is 10.00 Å². The third-order valence-electron chi connectivity index (χ3n) is 5.07. The smallest absolute Gasteiger partial charge is 0.236 e. The highest BCUT2D eigenvalue weighted by atomic mass is 32.1. The predicted octanol–water partition coefficient (Wildman–Crippen LogP) is 2.63. The molecule has 132 valence electrons. The maximum atomic E-state index is 8.83. The third kappa shape index (κ3) is 3.60. The molecule has 0 aliphatic carbocycles. The fraction of sp³-hybridized carbons (Fsp3) is 0.625. The molecule has 2 aliphatic rings. The minimum absolute atomic E-state index is 0.408. The zero-order valence-electron chi connectivity index (χ0n) is 14.2. The topological polar surface area (TPSA) is 106 Å². The molecular formula is C16H22N8S. The van der Waals surface area contributed by atoms with Crippen LogP contribution in [0.25, 0.3) is 0 Å². The molecule has 2 atom stereocenters. The second-order valence-electron chi connectivity index (χ2n) is 6.83. The van der Waals surface area contributed by atoms with Crippen LogP contribution in [0.1, 0.15) is 37.8 Å². The second kappa shape index (κ2) is 6.98. The molecule has 2 aromatic rings. The number of nitrogens with zero attached hydrogens (tertiary/aromatic N) is 5. The molecule has 3 N–H and O–H groups in total. The maximum absolute atomic E-state index is 8.83. The van der Waals surface area contributed by atoms with Crippen LogP contribution in [-0.4, -0.2) is 49.1 Å². The van der Waals surface area contributed by atoms with E-state index in [1.807, 2.05) is 13.0 Å². The molecule has 0 radical (unpaired) electrons. The van der Waals surface area contributed by atoms with Crippen LogP contribution < -0.4 is 10.6 Å². The van der Waals surface area contributed by atoms with Crippen molar-refractivity contribution < 1.29 is 0 Å².